The molecule has 1 unspecified atom stereocenters. The van der Waals surface area contributed by atoms with Gasteiger partial charge in [-0.15, -0.1) is 0 Å². The minimum atomic E-state index is -0.391. The summed E-state index contributed by atoms with van der Waals surface area (Å²) in [6, 6.07) is 4.85. The molecule has 1 aromatic carbocycles. The summed E-state index contributed by atoms with van der Waals surface area (Å²) in [7, 11) is 0. The van der Waals surface area contributed by atoms with Crippen LogP contribution in [0.3, 0.4) is 0 Å². The van der Waals surface area contributed by atoms with Crippen molar-refractivity contribution in [1.29, 1.82) is 0 Å². The summed E-state index contributed by atoms with van der Waals surface area (Å²) < 4.78 is 13.3. The summed E-state index contributed by atoms with van der Waals surface area (Å²) in [6.45, 7) is 1.69. The molecule has 0 aromatic heterocycles. The number of aliphatic imine (C=N–C) groups is 1. The van der Waals surface area contributed by atoms with Crippen LogP contribution in [0, 0.1) is 12.7 Å². The van der Waals surface area contributed by atoms with Crippen molar-refractivity contribution < 1.29 is 9.18 Å². The normalized spacial score (nSPS) is 19.6. The number of ketones is 1. The smallest absolute Gasteiger partial charge is 0.185 e. The van der Waals surface area contributed by atoms with Gasteiger partial charge in [-0.05, 0) is 24.1 Å². The minimum Gasteiger partial charge on any atom is -0.292 e. The number of hydrogen-bond donors (Lipinski definition) is 0. The molecular weight excluding hydrogens is 193 g/mol. The van der Waals surface area contributed by atoms with Gasteiger partial charge in [0.2, 0.25) is 0 Å². The molecule has 0 aliphatic carbocycles. The molecule has 0 bridgehead atoms. The van der Waals surface area contributed by atoms with E-state index < -0.39 is 5.92 Å². The fourth-order valence-electron chi connectivity index (χ4n) is 1.51. The average molecular weight is 203 g/mol. The number of aryl methyl sites for hydroxylation is 1. The SMILES string of the molecule is Cc1ccc(C2C=CN=CC2=O)cc1F. The standard InChI is InChI=1S/C12H10FNO/c1-8-2-3-9(6-11(8)13)10-4-5-14-7-12(10)15/h2-7,10H,1H3. The molecule has 0 fully saturated rings. The number of halogens is 1. The summed E-state index contributed by atoms with van der Waals surface area (Å²) in [5, 5.41) is 0. The monoisotopic (exact) mass is 203 g/mol. The Bertz CT molecular complexity index is 463. The average Bonchev–Trinajstić information content (AvgIpc) is 2.23. The highest BCUT2D eigenvalue weighted by atomic mass is 19.1. The Morgan fingerprint density at radius 3 is 2.87 bits per heavy atom. The van der Waals surface area contributed by atoms with Gasteiger partial charge in [-0.1, -0.05) is 18.2 Å². The second-order valence-electron chi connectivity index (χ2n) is 3.51. The van der Waals surface area contributed by atoms with Gasteiger partial charge in [0.15, 0.2) is 5.78 Å². The summed E-state index contributed by atoms with van der Waals surface area (Å²) >= 11 is 0. The first-order chi connectivity index (χ1) is 7.18. The molecule has 76 valence electrons. The molecule has 1 aliphatic heterocycles. The first kappa shape index (κ1) is 9.77. The lowest BCUT2D eigenvalue weighted by Crippen LogP contribution is -2.14. The molecule has 0 spiro atoms. The first-order valence-electron chi connectivity index (χ1n) is 4.68. The van der Waals surface area contributed by atoms with Crippen LogP contribution >= 0.6 is 0 Å². The summed E-state index contributed by atoms with van der Waals surface area (Å²) in [4.78, 5) is 15.2. The van der Waals surface area contributed by atoms with E-state index in [2.05, 4.69) is 4.99 Å². The third-order valence-electron chi connectivity index (χ3n) is 2.43. The predicted octanol–water partition coefficient (Wildman–Crippen LogP) is 2.38. The van der Waals surface area contributed by atoms with Gasteiger partial charge in [0.1, 0.15) is 5.82 Å². The topological polar surface area (TPSA) is 29.4 Å². The van der Waals surface area contributed by atoms with E-state index in [1.807, 2.05) is 0 Å². The Kier molecular flexibility index (Phi) is 2.46. The van der Waals surface area contributed by atoms with Crippen molar-refractivity contribution >= 4 is 12.0 Å². The van der Waals surface area contributed by atoms with E-state index in [0.29, 0.717) is 11.1 Å². The number of benzene rings is 1. The van der Waals surface area contributed by atoms with Gasteiger partial charge in [0.25, 0.3) is 0 Å². The molecule has 1 aromatic rings. The van der Waals surface area contributed by atoms with E-state index in [0.717, 1.165) is 0 Å². The van der Waals surface area contributed by atoms with Gasteiger partial charge in [-0.2, -0.15) is 0 Å². The molecule has 3 heteroatoms. The van der Waals surface area contributed by atoms with E-state index in [1.54, 1.807) is 31.3 Å². The van der Waals surface area contributed by atoms with E-state index in [9.17, 15) is 9.18 Å². The van der Waals surface area contributed by atoms with Crippen LogP contribution in [0.2, 0.25) is 0 Å². The van der Waals surface area contributed by atoms with Crippen LogP contribution in [-0.4, -0.2) is 12.0 Å². The van der Waals surface area contributed by atoms with Gasteiger partial charge in [-0.3, -0.25) is 9.79 Å². The minimum absolute atomic E-state index is 0.110. The quantitative estimate of drug-likeness (QED) is 0.689. The molecule has 0 saturated carbocycles. The largest absolute Gasteiger partial charge is 0.292 e. The van der Waals surface area contributed by atoms with Gasteiger partial charge < -0.3 is 0 Å². The number of carbonyl (C=O) groups is 1. The molecule has 2 rings (SSSR count). The van der Waals surface area contributed by atoms with Crippen molar-refractivity contribution in [2.45, 2.75) is 12.8 Å². The summed E-state index contributed by atoms with van der Waals surface area (Å²) in [5.74, 6) is -0.783. The van der Waals surface area contributed by atoms with Gasteiger partial charge >= 0.3 is 0 Å². The van der Waals surface area contributed by atoms with Crippen molar-refractivity contribution in [2.24, 2.45) is 4.99 Å². The van der Waals surface area contributed by atoms with Crippen LogP contribution < -0.4 is 0 Å². The Balaban J connectivity index is 2.38. The molecule has 0 radical (unpaired) electrons. The number of rotatable bonds is 1. The van der Waals surface area contributed by atoms with Crippen LogP contribution in [0.5, 0.6) is 0 Å². The zero-order chi connectivity index (χ0) is 10.8. The number of allylic oxidation sites excluding steroid dienone is 1. The van der Waals surface area contributed by atoms with E-state index in [-0.39, 0.29) is 11.6 Å². The van der Waals surface area contributed by atoms with Crippen LogP contribution in [-0.2, 0) is 4.79 Å². The van der Waals surface area contributed by atoms with Crippen LogP contribution in [0.4, 0.5) is 4.39 Å². The molecule has 1 heterocycles. The number of Topliss-reactive ketones (excluding diaryl/α,β-unsaturated/α-hetero) is 1. The number of carbonyl (C=O) groups excluding carboxylic acids is 1. The zero-order valence-electron chi connectivity index (χ0n) is 8.27. The molecule has 1 aliphatic rings. The maximum atomic E-state index is 13.3. The Morgan fingerprint density at radius 1 is 1.40 bits per heavy atom. The molecule has 0 amide bonds. The lowest BCUT2D eigenvalue weighted by molar-refractivity contribution is -0.113. The van der Waals surface area contributed by atoms with Crippen LogP contribution in [0.25, 0.3) is 0 Å². The summed E-state index contributed by atoms with van der Waals surface area (Å²) in [5.41, 5.74) is 1.25. The third-order valence-corrected chi connectivity index (χ3v) is 2.43. The zero-order valence-corrected chi connectivity index (χ0v) is 8.27. The maximum Gasteiger partial charge on any atom is 0.185 e. The molecule has 2 nitrogen and oxygen atoms in total. The molecule has 1 atom stereocenters. The fraction of sp³-hybridized carbons (Fsp3) is 0.167. The third kappa shape index (κ3) is 1.86. The Labute approximate surface area is 87.1 Å². The number of hydrogen-bond acceptors (Lipinski definition) is 2. The highest BCUT2D eigenvalue weighted by Crippen LogP contribution is 2.22. The highest BCUT2D eigenvalue weighted by molar-refractivity contribution is 6.31. The highest BCUT2D eigenvalue weighted by Gasteiger charge is 2.18. The van der Waals surface area contributed by atoms with Gasteiger partial charge in [0, 0.05) is 6.20 Å². The van der Waals surface area contributed by atoms with Gasteiger partial charge in [-0.25, -0.2) is 4.39 Å². The van der Waals surface area contributed by atoms with E-state index in [4.69, 9.17) is 0 Å². The van der Waals surface area contributed by atoms with Crippen molar-refractivity contribution in [3.8, 4) is 0 Å². The molecular formula is C12H10FNO. The van der Waals surface area contributed by atoms with Crippen LogP contribution in [0.1, 0.15) is 17.0 Å². The second kappa shape index (κ2) is 3.77. The molecule has 0 saturated heterocycles. The lowest BCUT2D eigenvalue weighted by atomic mass is 9.93. The van der Waals surface area contributed by atoms with Crippen molar-refractivity contribution in [2.75, 3.05) is 0 Å². The van der Waals surface area contributed by atoms with E-state index in [1.165, 1.54) is 12.3 Å². The second-order valence-corrected chi connectivity index (χ2v) is 3.51. The predicted molar refractivity (Wildman–Crippen MR) is 56.5 cm³/mol. The fourth-order valence-corrected chi connectivity index (χ4v) is 1.51. The molecule has 0 N–H and O–H groups in total. The van der Waals surface area contributed by atoms with Crippen molar-refractivity contribution in [3.63, 3.8) is 0 Å². The van der Waals surface area contributed by atoms with Crippen molar-refractivity contribution in [3.05, 3.63) is 47.4 Å². The molecule has 15 heavy (non-hydrogen) atoms. The Morgan fingerprint density at radius 2 is 2.20 bits per heavy atom. The maximum absolute atomic E-state index is 13.3. The number of nitrogens with zero attached hydrogens (tertiary/aromatic N) is 1. The first-order valence-corrected chi connectivity index (χ1v) is 4.68. The Hall–Kier alpha value is -1.77. The lowest BCUT2D eigenvalue weighted by Gasteiger charge is -2.12. The van der Waals surface area contributed by atoms with E-state index >= 15 is 0 Å². The summed E-state index contributed by atoms with van der Waals surface area (Å²) in [6.07, 6.45) is 4.50. The van der Waals surface area contributed by atoms with Gasteiger partial charge in [0.05, 0.1) is 12.1 Å². The van der Waals surface area contributed by atoms with Crippen molar-refractivity contribution in [1.82, 2.24) is 0 Å². The van der Waals surface area contributed by atoms with Crippen LogP contribution in [0.15, 0.2) is 35.5 Å².